The Labute approximate surface area is 97.9 Å². The second-order valence-corrected chi connectivity index (χ2v) is 5.03. The summed E-state index contributed by atoms with van der Waals surface area (Å²) in [6, 6.07) is 0. The van der Waals surface area contributed by atoms with Gasteiger partial charge in [-0.2, -0.15) is 0 Å². The predicted molar refractivity (Wildman–Crippen MR) is 64.1 cm³/mol. The van der Waals surface area contributed by atoms with E-state index < -0.39 is 5.41 Å². The van der Waals surface area contributed by atoms with Crippen molar-refractivity contribution in [2.45, 2.75) is 53.6 Å². The minimum Gasteiger partial charge on any atom is -0.458 e. The van der Waals surface area contributed by atoms with E-state index in [1.807, 2.05) is 39.8 Å². The minimum atomic E-state index is -0.471. The molecule has 0 spiro atoms. The van der Waals surface area contributed by atoms with Crippen LogP contribution in [0.4, 0.5) is 0 Å². The zero-order chi connectivity index (χ0) is 12.8. The lowest BCUT2D eigenvalue weighted by atomic mass is 9.97. The van der Waals surface area contributed by atoms with Crippen molar-refractivity contribution in [1.82, 2.24) is 0 Å². The standard InChI is InChI=1S/C13H22O3/c1-10(14)8-6-7-9-11(2)16-12(15)13(3,4)5/h7,9,11H,6,8H2,1-5H3/b9-7+/t11-/m0/s1. The molecule has 0 aliphatic carbocycles. The van der Waals surface area contributed by atoms with Crippen molar-refractivity contribution in [1.29, 1.82) is 0 Å². The van der Waals surface area contributed by atoms with Gasteiger partial charge in [0.15, 0.2) is 0 Å². The number of ether oxygens (including phenoxy) is 1. The van der Waals surface area contributed by atoms with Crippen LogP contribution in [0.25, 0.3) is 0 Å². The Balaban J connectivity index is 3.95. The van der Waals surface area contributed by atoms with Crippen LogP contribution in [0, 0.1) is 5.41 Å². The molecule has 0 bridgehead atoms. The van der Waals surface area contributed by atoms with Crippen molar-refractivity contribution in [2.75, 3.05) is 0 Å². The largest absolute Gasteiger partial charge is 0.458 e. The van der Waals surface area contributed by atoms with Crippen LogP contribution in [0.2, 0.25) is 0 Å². The molecule has 0 amide bonds. The van der Waals surface area contributed by atoms with Gasteiger partial charge in [-0.25, -0.2) is 0 Å². The maximum atomic E-state index is 11.5. The molecule has 0 saturated heterocycles. The van der Waals surface area contributed by atoms with Crippen LogP contribution >= 0.6 is 0 Å². The molecular weight excluding hydrogens is 204 g/mol. The number of hydrogen-bond donors (Lipinski definition) is 0. The average Bonchev–Trinajstić information content (AvgIpc) is 2.10. The van der Waals surface area contributed by atoms with Crippen molar-refractivity contribution in [3.63, 3.8) is 0 Å². The van der Waals surface area contributed by atoms with Gasteiger partial charge in [0.05, 0.1) is 5.41 Å². The van der Waals surface area contributed by atoms with Gasteiger partial charge in [-0.3, -0.25) is 4.79 Å². The topological polar surface area (TPSA) is 43.4 Å². The number of rotatable bonds is 5. The summed E-state index contributed by atoms with van der Waals surface area (Å²) in [6.07, 6.45) is 4.69. The molecule has 0 unspecified atom stereocenters. The van der Waals surface area contributed by atoms with E-state index in [0.717, 1.165) is 0 Å². The Morgan fingerprint density at radius 2 is 1.88 bits per heavy atom. The van der Waals surface area contributed by atoms with Crippen LogP contribution in [0.3, 0.4) is 0 Å². The zero-order valence-corrected chi connectivity index (χ0v) is 10.9. The maximum absolute atomic E-state index is 11.5. The smallest absolute Gasteiger partial charge is 0.311 e. The summed E-state index contributed by atoms with van der Waals surface area (Å²) in [6.45, 7) is 8.84. The summed E-state index contributed by atoms with van der Waals surface area (Å²) < 4.78 is 5.21. The van der Waals surface area contributed by atoms with E-state index in [0.29, 0.717) is 12.8 Å². The Bertz CT molecular complexity index is 271. The lowest BCUT2D eigenvalue weighted by Crippen LogP contribution is -2.26. The van der Waals surface area contributed by atoms with Crippen molar-refractivity contribution in [2.24, 2.45) is 5.41 Å². The molecule has 1 atom stereocenters. The fourth-order valence-corrected chi connectivity index (χ4v) is 0.959. The summed E-state index contributed by atoms with van der Waals surface area (Å²) in [5, 5.41) is 0. The minimum absolute atomic E-state index is 0.170. The number of ketones is 1. The van der Waals surface area contributed by atoms with Gasteiger partial charge in [0.2, 0.25) is 0 Å². The number of carbonyl (C=O) groups is 2. The predicted octanol–water partition coefficient (Wildman–Crippen LogP) is 2.89. The van der Waals surface area contributed by atoms with Gasteiger partial charge in [0, 0.05) is 6.42 Å². The molecule has 0 aliphatic heterocycles. The summed E-state index contributed by atoms with van der Waals surface area (Å²) in [7, 11) is 0. The Morgan fingerprint density at radius 1 is 1.31 bits per heavy atom. The van der Waals surface area contributed by atoms with Crippen LogP contribution in [-0.4, -0.2) is 17.9 Å². The van der Waals surface area contributed by atoms with Gasteiger partial charge < -0.3 is 9.53 Å². The van der Waals surface area contributed by atoms with E-state index in [9.17, 15) is 9.59 Å². The van der Waals surface area contributed by atoms with Gasteiger partial charge >= 0.3 is 5.97 Å². The molecule has 0 aromatic heterocycles. The molecule has 0 aromatic carbocycles. The fourth-order valence-electron chi connectivity index (χ4n) is 0.959. The molecule has 0 saturated carbocycles. The molecule has 0 rings (SSSR count). The van der Waals surface area contributed by atoms with Crippen LogP contribution in [-0.2, 0) is 14.3 Å². The Hall–Kier alpha value is -1.12. The van der Waals surface area contributed by atoms with Gasteiger partial charge in [-0.05, 0) is 47.1 Å². The first kappa shape index (κ1) is 14.9. The number of hydrogen-bond acceptors (Lipinski definition) is 3. The van der Waals surface area contributed by atoms with Crippen LogP contribution in [0.15, 0.2) is 12.2 Å². The molecule has 16 heavy (non-hydrogen) atoms. The molecule has 3 nitrogen and oxygen atoms in total. The number of allylic oxidation sites excluding steroid dienone is 1. The molecule has 0 fully saturated rings. The van der Waals surface area contributed by atoms with Gasteiger partial charge in [-0.15, -0.1) is 0 Å². The number of Topliss-reactive ketones (excluding diaryl/α,β-unsaturated/α-hetero) is 1. The lowest BCUT2D eigenvalue weighted by Gasteiger charge is -2.19. The quantitative estimate of drug-likeness (QED) is 0.534. The SMILES string of the molecule is CC(=O)CC/C=C/[C@H](C)OC(=O)C(C)(C)C. The number of carbonyl (C=O) groups excluding carboxylic acids is 2. The van der Waals surface area contributed by atoms with E-state index in [1.165, 1.54) is 0 Å². The van der Waals surface area contributed by atoms with Crippen LogP contribution in [0.1, 0.15) is 47.5 Å². The van der Waals surface area contributed by atoms with E-state index in [-0.39, 0.29) is 17.9 Å². The molecule has 0 aromatic rings. The second-order valence-electron chi connectivity index (χ2n) is 5.03. The molecular formula is C13H22O3. The van der Waals surface area contributed by atoms with Gasteiger partial charge in [0.1, 0.15) is 11.9 Å². The molecule has 3 heteroatoms. The molecule has 0 aliphatic rings. The monoisotopic (exact) mass is 226 g/mol. The third-order valence-corrected chi connectivity index (χ3v) is 1.98. The summed E-state index contributed by atoms with van der Waals surface area (Å²) in [5.74, 6) is -0.0415. The first-order valence-electron chi connectivity index (χ1n) is 5.60. The first-order valence-corrected chi connectivity index (χ1v) is 5.60. The summed E-state index contributed by atoms with van der Waals surface area (Å²) in [5.41, 5.74) is -0.471. The first-order chi connectivity index (χ1) is 7.23. The van der Waals surface area contributed by atoms with E-state index in [2.05, 4.69) is 0 Å². The Kier molecular flexibility index (Phi) is 6.01. The van der Waals surface area contributed by atoms with Gasteiger partial charge in [0.25, 0.3) is 0 Å². The van der Waals surface area contributed by atoms with Crippen LogP contribution < -0.4 is 0 Å². The zero-order valence-electron chi connectivity index (χ0n) is 10.9. The van der Waals surface area contributed by atoms with Crippen molar-refractivity contribution < 1.29 is 14.3 Å². The lowest BCUT2D eigenvalue weighted by molar-refractivity contribution is -0.155. The van der Waals surface area contributed by atoms with Crippen LogP contribution in [0.5, 0.6) is 0 Å². The normalized spacial score (nSPS) is 13.8. The molecule has 92 valence electrons. The third kappa shape index (κ3) is 7.21. The molecule has 0 N–H and O–H groups in total. The van der Waals surface area contributed by atoms with Crippen molar-refractivity contribution >= 4 is 11.8 Å². The highest BCUT2D eigenvalue weighted by Gasteiger charge is 2.24. The van der Waals surface area contributed by atoms with E-state index in [1.54, 1.807) is 6.92 Å². The second kappa shape index (κ2) is 6.46. The van der Waals surface area contributed by atoms with Crippen molar-refractivity contribution in [3.05, 3.63) is 12.2 Å². The highest BCUT2D eigenvalue weighted by Crippen LogP contribution is 2.16. The third-order valence-electron chi connectivity index (χ3n) is 1.98. The number of esters is 1. The molecule has 0 heterocycles. The van der Waals surface area contributed by atoms with E-state index >= 15 is 0 Å². The summed E-state index contributed by atoms with van der Waals surface area (Å²) in [4.78, 5) is 22.2. The Morgan fingerprint density at radius 3 is 2.31 bits per heavy atom. The highest BCUT2D eigenvalue weighted by molar-refractivity contribution is 5.76. The fraction of sp³-hybridized carbons (Fsp3) is 0.692. The van der Waals surface area contributed by atoms with E-state index in [4.69, 9.17) is 4.74 Å². The van der Waals surface area contributed by atoms with Gasteiger partial charge in [-0.1, -0.05) is 6.08 Å². The molecule has 0 radical (unpaired) electrons. The average molecular weight is 226 g/mol. The maximum Gasteiger partial charge on any atom is 0.311 e. The van der Waals surface area contributed by atoms with Crippen molar-refractivity contribution in [3.8, 4) is 0 Å². The highest BCUT2D eigenvalue weighted by atomic mass is 16.5. The summed E-state index contributed by atoms with van der Waals surface area (Å²) >= 11 is 0.